The van der Waals surface area contributed by atoms with E-state index < -0.39 is 0 Å². The van der Waals surface area contributed by atoms with Crippen molar-refractivity contribution >= 4 is 32.6 Å². The van der Waals surface area contributed by atoms with Crippen LogP contribution in [0.3, 0.4) is 0 Å². The van der Waals surface area contributed by atoms with Crippen LogP contribution in [0.25, 0.3) is 10.2 Å². The molecule has 18 heavy (non-hydrogen) atoms. The number of nitrogens with one attached hydrogen (secondary N) is 1. The van der Waals surface area contributed by atoms with Gasteiger partial charge in [0.15, 0.2) is 5.13 Å². The van der Waals surface area contributed by atoms with Gasteiger partial charge in [-0.2, -0.15) is 0 Å². The van der Waals surface area contributed by atoms with Crippen LogP contribution in [0.4, 0.5) is 5.13 Å². The maximum absolute atomic E-state index is 11.7. The van der Waals surface area contributed by atoms with Gasteiger partial charge in [0.05, 0.1) is 10.2 Å². The Morgan fingerprint density at radius 2 is 2.33 bits per heavy atom. The fourth-order valence-electron chi connectivity index (χ4n) is 1.66. The van der Waals surface area contributed by atoms with E-state index in [4.69, 9.17) is 5.73 Å². The average molecular weight is 263 g/mol. The van der Waals surface area contributed by atoms with Crippen LogP contribution in [-0.2, 0) is 4.79 Å². The molecule has 5 heteroatoms. The van der Waals surface area contributed by atoms with Gasteiger partial charge < -0.3 is 11.1 Å². The zero-order valence-corrected chi connectivity index (χ0v) is 11.4. The average Bonchev–Trinajstić information content (AvgIpc) is 2.69. The van der Waals surface area contributed by atoms with Crippen LogP contribution >= 0.6 is 11.3 Å². The second-order valence-electron chi connectivity index (χ2n) is 4.58. The van der Waals surface area contributed by atoms with Gasteiger partial charge in [-0.25, -0.2) is 4.98 Å². The highest BCUT2D eigenvalue weighted by Gasteiger charge is 2.10. The van der Waals surface area contributed by atoms with E-state index in [0.29, 0.717) is 18.1 Å². The number of carbonyl (C=O) groups excluding carboxylic acids is 1. The summed E-state index contributed by atoms with van der Waals surface area (Å²) in [4.78, 5) is 16.1. The second-order valence-corrected chi connectivity index (χ2v) is 5.61. The van der Waals surface area contributed by atoms with Crippen LogP contribution in [-0.4, -0.2) is 17.4 Å². The number of benzene rings is 1. The molecule has 0 aliphatic rings. The summed E-state index contributed by atoms with van der Waals surface area (Å²) in [6.45, 7) is 4.52. The molecule has 0 radical (unpaired) electrons. The first-order valence-electron chi connectivity index (χ1n) is 5.95. The van der Waals surface area contributed by atoms with Gasteiger partial charge in [-0.05, 0) is 37.1 Å². The number of hydrogen-bond acceptors (Lipinski definition) is 4. The summed E-state index contributed by atoms with van der Waals surface area (Å²) < 4.78 is 1.09. The van der Waals surface area contributed by atoms with E-state index in [0.717, 1.165) is 10.2 Å². The predicted octanol–water partition coefficient (Wildman–Crippen LogP) is 2.53. The van der Waals surface area contributed by atoms with E-state index in [1.807, 2.05) is 26.0 Å². The molecule has 1 aromatic carbocycles. The Hall–Kier alpha value is -1.46. The zero-order valence-electron chi connectivity index (χ0n) is 10.6. The summed E-state index contributed by atoms with van der Waals surface area (Å²) in [7, 11) is 0. The molecule has 0 saturated heterocycles. The molecule has 1 aromatic heterocycles. The van der Waals surface area contributed by atoms with Gasteiger partial charge in [0.2, 0.25) is 5.91 Å². The third-order valence-electron chi connectivity index (χ3n) is 2.73. The third kappa shape index (κ3) is 3.05. The van der Waals surface area contributed by atoms with Gasteiger partial charge >= 0.3 is 0 Å². The van der Waals surface area contributed by atoms with Gasteiger partial charge in [-0.1, -0.05) is 24.3 Å². The molecule has 1 amide bonds. The maximum Gasteiger partial charge on any atom is 0.226 e. The molecule has 1 unspecified atom stereocenters. The molecule has 0 bridgehead atoms. The minimum atomic E-state index is -0.0243. The van der Waals surface area contributed by atoms with E-state index in [-0.39, 0.29) is 11.8 Å². The standard InChI is InChI=1S/C13H17N3OS/c1-8-3-4-10-11(5-8)18-13(15-10)16-12(17)6-9(2)7-14/h3-5,9H,6-7,14H2,1-2H3,(H,15,16,17). The fourth-order valence-corrected chi connectivity index (χ4v) is 2.64. The van der Waals surface area contributed by atoms with Crippen LogP contribution in [0.1, 0.15) is 18.9 Å². The van der Waals surface area contributed by atoms with Crippen LogP contribution in [0.5, 0.6) is 0 Å². The summed E-state index contributed by atoms with van der Waals surface area (Å²) in [6.07, 6.45) is 0.436. The van der Waals surface area contributed by atoms with Crippen molar-refractivity contribution in [1.82, 2.24) is 4.98 Å². The maximum atomic E-state index is 11.7. The molecule has 3 N–H and O–H groups in total. The van der Waals surface area contributed by atoms with Crippen LogP contribution in [0, 0.1) is 12.8 Å². The number of thiazole rings is 1. The Labute approximate surface area is 110 Å². The quantitative estimate of drug-likeness (QED) is 0.890. The van der Waals surface area contributed by atoms with Crippen molar-refractivity contribution in [2.24, 2.45) is 11.7 Å². The Balaban J connectivity index is 2.10. The monoisotopic (exact) mass is 263 g/mol. The Kier molecular flexibility index (Phi) is 3.93. The molecule has 96 valence electrons. The summed E-state index contributed by atoms with van der Waals surface area (Å²) in [5, 5.41) is 3.49. The number of nitrogens with two attached hydrogens (primary N) is 1. The van der Waals surface area contributed by atoms with Gasteiger partial charge in [0.1, 0.15) is 0 Å². The Morgan fingerprint density at radius 1 is 1.56 bits per heavy atom. The number of aromatic nitrogens is 1. The number of rotatable bonds is 4. The zero-order chi connectivity index (χ0) is 13.1. The first kappa shape index (κ1) is 13.0. The van der Waals surface area contributed by atoms with Crippen molar-refractivity contribution in [1.29, 1.82) is 0 Å². The molecule has 2 rings (SSSR count). The van der Waals surface area contributed by atoms with Gasteiger partial charge in [0, 0.05) is 6.42 Å². The highest BCUT2D eigenvalue weighted by molar-refractivity contribution is 7.22. The molecule has 1 atom stereocenters. The number of anilines is 1. The van der Waals surface area contributed by atoms with Crippen molar-refractivity contribution in [3.05, 3.63) is 23.8 Å². The van der Waals surface area contributed by atoms with Crippen molar-refractivity contribution in [2.45, 2.75) is 20.3 Å². The number of amides is 1. The van der Waals surface area contributed by atoms with E-state index in [1.54, 1.807) is 0 Å². The molecule has 0 aliphatic carbocycles. The number of aryl methyl sites for hydroxylation is 1. The Morgan fingerprint density at radius 3 is 3.06 bits per heavy atom. The van der Waals surface area contributed by atoms with E-state index in [2.05, 4.69) is 16.4 Å². The van der Waals surface area contributed by atoms with Crippen molar-refractivity contribution < 1.29 is 4.79 Å². The first-order valence-corrected chi connectivity index (χ1v) is 6.77. The van der Waals surface area contributed by atoms with E-state index >= 15 is 0 Å². The third-order valence-corrected chi connectivity index (χ3v) is 3.66. The normalized spacial score (nSPS) is 12.6. The topological polar surface area (TPSA) is 68.0 Å². The number of hydrogen-bond donors (Lipinski definition) is 2. The molecule has 4 nitrogen and oxygen atoms in total. The molecular formula is C13H17N3OS. The van der Waals surface area contributed by atoms with E-state index in [1.165, 1.54) is 16.9 Å². The molecule has 0 spiro atoms. The molecule has 2 aromatic rings. The van der Waals surface area contributed by atoms with Gasteiger partial charge in [-0.15, -0.1) is 0 Å². The highest BCUT2D eigenvalue weighted by Crippen LogP contribution is 2.26. The second kappa shape index (κ2) is 5.46. The van der Waals surface area contributed by atoms with Gasteiger partial charge in [0.25, 0.3) is 0 Å². The SMILES string of the molecule is Cc1ccc2nc(NC(=O)CC(C)CN)sc2c1. The van der Waals surface area contributed by atoms with Crippen LogP contribution in [0.2, 0.25) is 0 Å². The summed E-state index contributed by atoms with van der Waals surface area (Å²) in [5.41, 5.74) is 7.62. The van der Waals surface area contributed by atoms with Crippen molar-refractivity contribution in [2.75, 3.05) is 11.9 Å². The lowest BCUT2D eigenvalue weighted by atomic mass is 10.1. The summed E-state index contributed by atoms with van der Waals surface area (Å²) >= 11 is 1.50. The molecule has 1 heterocycles. The minimum Gasteiger partial charge on any atom is -0.330 e. The molecule has 0 aliphatic heterocycles. The van der Waals surface area contributed by atoms with Crippen LogP contribution in [0.15, 0.2) is 18.2 Å². The number of nitrogens with zero attached hydrogens (tertiary/aromatic N) is 1. The Bertz CT molecular complexity index is 564. The largest absolute Gasteiger partial charge is 0.330 e. The highest BCUT2D eigenvalue weighted by atomic mass is 32.1. The van der Waals surface area contributed by atoms with Gasteiger partial charge in [-0.3, -0.25) is 4.79 Å². The summed E-state index contributed by atoms with van der Waals surface area (Å²) in [5.74, 6) is 0.172. The van der Waals surface area contributed by atoms with E-state index in [9.17, 15) is 4.79 Å². The smallest absolute Gasteiger partial charge is 0.226 e. The van der Waals surface area contributed by atoms with Crippen molar-refractivity contribution in [3.8, 4) is 0 Å². The predicted molar refractivity (Wildman–Crippen MR) is 75.8 cm³/mol. The molecule has 0 fully saturated rings. The lowest BCUT2D eigenvalue weighted by molar-refractivity contribution is -0.116. The number of fused-ring (bicyclic) bond motifs is 1. The lowest BCUT2D eigenvalue weighted by Gasteiger charge is -2.06. The molecular weight excluding hydrogens is 246 g/mol. The summed E-state index contributed by atoms with van der Waals surface area (Å²) in [6, 6.07) is 6.06. The van der Waals surface area contributed by atoms with Crippen molar-refractivity contribution in [3.63, 3.8) is 0 Å². The lowest BCUT2D eigenvalue weighted by Crippen LogP contribution is -2.19. The van der Waals surface area contributed by atoms with Crippen LogP contribution < -0.4 is 11.1 Å². The fraction of sp³-hybridized carbons (Fsp3) is 0.385. The minimum absolute atomic E-state index is 0.0243. The molecule has 0 saturated carbocycles. The number of carbonyl (C=O) groups is 1. The first-order chi connectivity index (χ1) is 8.58.